The van der Waals surface area contributed by atoms with E-state index in [0.29, 0.717) is 10.9 Å². The highest BCUT2D eigenvalue weighted by atomic mass is 79.9. The zero-order valence-electron chi connectivity index (χ0n) is 7.85. The summed E-state index contributed by atoms with van der Waals surface area (Å²) in [6.07, 6.45) is 5.77. The Bertz CT molecular complexity index is 357. The van der Waals surface area contributed by atoms with Crippen LogP contribution in [0.5, 0.6) is 0 Å². The summed E-state index contributed by atoms with van der Waals surface area (Å²) in [5.74, 6) is 2.29. The lowest BCUT2D eigenvalue weighted by Gasteiger charge is -2.13. The monoisotopic (exact) mass is 255 g/mol. The first-order chi connectivity index (χ1) is 6.69. The Morgan fingerprint density at radius 3 is 2.86 bits per heavy atom. The molecular weight excluding hydrogens is 245 g/mol. The maximum atomic E-state index is 13.2. The average Bonchev–Trinajstić information content (AvgIpc) is 2.19. The van der Waals surface area contributed by atoms with E-state index in [9.17, 15) is 4.39 Å². The molecule has 74 valence electrons. The van der Waals surface area contributed by atoms with Crippen molar-refractivity contribution >= 4 is 15.9 Å². The van der Waals surface area contributed by atoms with E-state index in [-0.39, 0.29) is 11.9 Å². The van der Waals surface area contributed by atoms with Crippen LogP contribution in [0.25, 0.3) is 0 Å². The molecule has 1 unspecified atom stereocenters. The van der Waals surface area contributed by atoms with Crippen LogP contribution in [0.4, 0.5) is 4.39 Å². The second kappa shape index (κ2) is 5.14. The molecule has 0 amide bonds. The minimum Gasteiger partial charge on any atom is -0.312 e. The highest BCUT2D eigenvalue weighted by Gasteiger charge is 2.09. The molecule has 1 aromatic rings. The van der Waals surface area contributed by atoms with Gasteiger partial charge in [0.25, 0.3) is 0 Å². The number of halogens is 2. The summed E-state index contributed by atoms with van der Waals surface area (Å²) < 4.78 is 13.7. The standard InChI is InChI=1S/C11H11BrFN/c1-3-4-11(14-2)8-5-6-9(12)10(13)7-8/h1,5-7,11,14H,4H2,2H3. The van der Waals surface area contributed by atoms with E-state index >= 15 is 0 Å². The first-order valence-corrected chi connectivity index (χ1v) is 5.04. The first-order valence-electron chi connectivity index (χ1n) is 4.24. The van der Waals surface area contributed by atoms with E-state index in [0.717, 1.165) is 5.56 Å². The molecule has 0 radical (unpaired) electrons. The molecule has 0 aliphatic heterocycles. The summed E-state index contributed by atoms with van der Waals surface area (Å²) in [4.78, 5) is 0. The van der Waals surface area contributed by atoms with Crippen LogP contribution in [0.1, 0.15) is 18.0 Å². The second-order valence-electron chi connectivity index (χ2n) is 2.92. The van der Waals surface area contributed by atoms with Crippen LogP contribution >= 0.6 is 15.9 Å². The molecule has 0 saturated heterocycles. The van der Waals surface area contributed by atoms with Gasteiger partial charge in [0.2, 0.25) is 0 Å². The number of hydrogen-bond donors (Lipinski definition) is 1. The van der Waals surface area contributed by atoms with Gasteiger partial charge >= 0.3 is 0 Å². The van der Waals surface area contributed by atoms with Gasteiger partial charge in [-0.25, -0.2) is 4.39 Å². The van der Waals surface area contributed by atoms with Gasteiger partial charge in [0.1, 0.15) is 5.82 Å². The molecule has 0 fully saturated rings. The van der Waals surface area contributed by atoms with Gasteiger partial charge in [0.05, 0.1) is 4.47 Å². The Hall–Kier alpha value is -0.850. The number of benzene rings is 1. The van der Waals surface area contributed by atoms with Gasteiger partial charge in [0, 0.05) is 12.5 Å². The van der Waals surface area contributed by atoms with E-state index in [4.69, 9.17) is 6.42 Å². The van der Waals surface area contributed by atoms with Gasteiger partial charge in [0.15, 0.2) is 0 Å². The van der Waals surface area contributed by atoms with Crippen molar-refractivity contribution in [1.29, 1.82) is 0 Å². The van der Waals surface area contributed by atoms with E-state index in [2.05, 4.69) is 27.2 Å². The minimum absolute atomic E-state index is 0.0163. The molecule has 1 atom stereocenters. The fourth-order valence-electron chi connectivity index (χ4n) is 1.23. The molecule has 0 aromatic heterocycles. The van der Waals surface area contributed by atoms with Crippen LogP contribution in [-0.2, 0) is 0 Å². The van der Waals surface area contributed by atoms with Crippen LogP contribution in [-0.4, -0.2) is 7.05 Å². The van der Waals surface area contributed by atoms with Crippen LogP contribution < -0.4 is 5.32 Å². The highest BCUT2D eigenvalue weighted by Crippen LogP contribution is 2.22. The van der Waals surface area contributed by atoms with Crippen molar-refractivity contribution in [3.8, 4) is 12.3 Å². The summed E-state index contributed by atoms with van der Waals surface area (Å²) in [6.45, 7) is 0. The summed E-state index contributed by atoms with van der Waals surface area (Å²) >= 11 is 3.10. The van der Waals surface area contributed by atoms with Crippen molar-refractivity contribution in [2.75, 3.05) is 7.05 Å². The zero-order valence-corrected chi connectivity index (χ0v) is 9.44. The predicted octanol–water partition coefficient (Wildman–Crippen LogP) is 2.87. The molecule has 1 N–H and O–H groups in total. The average molecular weight is 256 g/mol. The fourth-order valence-corrected chi connectivity index (χ4v) is 1.48. The molecule has 1 nitrogen and oxygen atoms in total. The minimum atomic E-state index is -0.264. The molecule has 0 spiro atoms. The van der Waals surface area contributed by atoms with Gasteiger partial charge in [-0.15, -0.1) is 12.3 Å². The van der Waals surface area contributed by atoms with Gasteiger partial charge in [-0.05, 0) is 40.7 Å². The largest absolute Gasteiger partial charge is 0.312 e. The lowest BCUT2D eigenvalue weighted by atomic mass is 10.0. The first kappa shape index (κ1) is 11.2. The fraction of sp³-hybridized carbons (Fsp3) is 0.273. The number of rotatable bonds is 3. The van der Waals surface area contributed by atoms with Crippen LogP contribution in [0.2, 0.25) is 0 Å². The molecule has 0 aliphatic rings. The Balaban J connectivity index is 2.95. The maximum Gasteiger partial charge on any atom is 0.137 e. The van der Waals surface area contributed by atoms with Crippen molar-refractivity contribution in [1.82, 2.24) is 5.32 Å². The molecule has 0 saturated carbocycles. The van der Waals surface area contributed by atoms with Crippen LogP contribution in [0.3, 0.4) is 0 Å². The molecule has 0 aliphatic carbocycles. The molecule has 0 bridgehead atoms. The summed E-state index contributed by atoms with van der Waals surface area (Å²) in [7, 11) is 1.81. The van der Waals surface area contributed by atoms with Crippen molar-refractivity contribution in [3.63, 3.8) is 0 Å². The second-order valence-corrected chi connectivity index (χ2v) is 3.78. The summed E-state index contributed by atoms with van der Waals surface area (Å²) in [5.41, 5.74) is 0.867. The Morgan fingerprint density at radius 2 is 2.36 bits per heavy atom. The van der Waals surface area contributed by atoms with Gasteiger partial charge < -0.3 is 5.32 Å². The zero-order chi connectivity index (χ0) is 10.6. The number of hydrogen-bond acceptors (Lipinski definition) is 1. The normalized spacial score (nSPS) is 12.1. The summed E-state index contributed by atoms with van der Waals surface area (Å²) in [5, 5.41) is 3.04. The lowest BCUT2D eigenvalue weighted by molar-refractivity contribution is 0.587. The Kier molecular flexibility index (Phi) is 4.12. The van der Waals surface area contributed by atoms with Crippen molar-refractivity contribution in [2.24, 2.45) is 0 Å². The topological polar surface area (TPSA) is 12.0 Å². The van der Waals surface area contributed by atoms with Crippen molar-refractivity contribution < 1.29 is 4.39 Å². The van der Waals surface area contributed by atoms with E-state index in [1.54, 1.807) is 6.07 Å². The van der Waals surface area contributed by atoms with Crippen molar-refractivity contribution in [2.45, 2.75) is 12.5 Å². The lowest BCUT2D eigenvalue weighted by Crippen LogP contribution is -2.15. The third-order valence-electron chi connectivity index (χ3n) is 2.02. The van der Waals surface area contributed by atoms with E-state index < -0.39 is 0 Å². The molecule has 1 rings (SSSR count). The predicted molar refractivity (Wildman–Crippen MR) is 59.4 cm³/mol. The third-order valence-corrected chi connectivity index (χ3v) is 2.66. The van der Waals surface area contributed by atoms with Gasteiger partial charge in [-0.1, -0.05) is 6.07 Å². The van der Waals surface area contributed by atoms with E-state index in [1.807, 2.05) is 13.1 Å². The highest BCUT2D eigenvalue weighted by molar-refractivity contribution is 9.10. The third kappa shape index (κ3) is 2.57. The number of terminal acetylenes is 1. The smallest absolute Gasteiger partial charge is 0.137 e. The molecule has 0 heterocycles. The maximum absolute atomic E-state index is 13.2. The Morgan fingerprint density at radius 1 is 1.64 bits per heavy atom. The van der Waals surface area contributed by atoms with Crippen LogP contribution in [0.15, 0.2) is 22.7 Å². The van der Waals surface area contributed by atoms with E-state index in [1.165, 1.54) is 6.07 Å². The Labute approximate surface area is 91.8 Å². The molecular formula is C11H11BrFN. The van der Waals surface area contributed by atoms with Crippen LogP contribution in [0, 0.1) is 18.2 Å². The summed E-state index contributed by atoms with van der Waals surface area (Å²) in [6, 6.07) is 5.04. The van der Waals surface area contributed by atoms with Gasteiger partial charge in [-0.3, -0.25) is 0 Å². The van der Waals surface area contributed by atoms with Crippen molar-refractivity contribution in [3.05, 3.63) is 34.1 Å². The van der Waals surface area contributed by atoms with Gasteiger partial charge in [-0.2, -0.15) is 0 Å². The molecule has 3 heteroatoms. The molecule has 14 heavy (non-hydrogen) atoms. The SMILES string of the molecule is C#CCC(NC)c1ccc(Br)c(F)c1. The number of nitrogens with one attached hydrogen (secondary N) is 1. The quantitative estimate of drug-likeness (QED) is 0.820. The molecule has 1 aromatic carbocycles.